The van der Waals surface area contributed by atoms with Crippen LogP contribution < -0.4 is 9.47 Å². The lowest BCUT2D eigenvalue weighted by Crippen LogP contribution is -1.97. The van der Waals surface area contributed by atoms with E-state index in [4.69, 9.17) is 9.47 Å². The third-order valence-electron chi connectivity index (χ3n) is 4.55. The molecule has 0 spiro atoms. The van der Waals surface area contributed by atoms with Crippen LogP contribution in [0.4, 0.5) is 0 Å². The summed E-state index contributed by atoms with van der Waals surface area (Å²) in [5.74, 6) is 0.983. The summed E-state index contributed by atoms with van der Waals surface area (Å²) >= 11 is 0. The van der Waals surface area contributed by atoms with Gasteiger partial charge in [-0.15, -0.1) is 5.10 Å². The molecular formula is C22H18N2O3. The Bertz CT molecular complexity index is 1020. The molecule has 5 heteroatoms. The zero-order valence-corrected chi connectivity index (χ0v) is 15.0. The van der Waals surface area contributed by atoms with E-state index in [2.05, 4.69) is 22.3 Å². The van der Waals surface area contributed by atoms with Gasteiger partial charge in [0, 0.05) is 23.3 Å². The highest BCUT2D eigenvalue weighted by Crippen LogP contribution is 2.37. The van der Waals surface area contributed by atoms with Crippen molar-refractivity contribution in [3.8, 4) is 28.4 Å². The van der Waals surface area contributed by atoms with Crippen molar-refractivity contribution in [2.75, 3.05) is 14.2 Å². The van der Waals surface area contributed by atoms with E-state index in [9.17, 15) is 5.11 Å². The number of phenols is 1. The van der Waals surface area contributed by atoms with Crippen molar-refractivity contribution < 1.29 is 14.6 Å². The number of fused-ring (bicyclic) bond motifs is 3. The highest BCUT2D eigenvalue weighted by molar-refractivity contribution is 6.24. The Hall–Kier alpha value is -3.60. The van der Waals surface area contributed by atoms with E-state index < -0.39 is 0 Å². The molecule has 0 aliphatic heterocycles. The molecule has 0 fully saturated rings. The van der Waals surface area contributed by atoms with Crippen molar-refractivity contribution in [2.24, 2.45) is 10.2 Å². The second-order valence-electron chi connectivity index (χ2n) is 6.05. The van der Waals surface area contributed by atoms with E-state index >= 15 is 0 Å². The number of hydrogen-bond donors (Lipinski definition) is 1. The molecule has 1 N–H and O–H groups in total. The van der Waals surface area contributed by atoms with E-state index in [-0.39, 0.29) is 5.75 Å². The average molecular weight is 358 g/mol. The number of phenolic OH excluding ortho intramolecular Hbond substituents is 1. The van der Waals surface area contributed by atoms with Gasteiger partial charge in [-0.3, -0.25) is 0 Å². The average Bonchev–Trinajstić information content (AvgIpc) is 3.03. The number of aromatic hydroxyl groups is 1. The summed E-state index contributed by atoms with van der Waals surface area (Å²) in [6.07, 6.45) is 1.49. The summed E-state index contributed by atoms with van der Waals surface area (Å²) < 4.78 is 10.5. The van der Waals surface area contributed by atoms with Crippen LogP contribution in [0, 0.1) is 0 Å². The number of methoxy groups -OCH3 is 2. The van der Waals surface area contributed by atoms with E-state index in [0.717, 1.165) is 28.0 Å². The SMILES string of the molecule is COc1cc(O)c(/C=N/N=C2c3ccccc3-c3ccccc32)c(OC)c1. The fourth-order valence-electron chi connectivity index (χ4n) is 3.25. The smallest absolute Gasteiger partial charge is 0.135 e. The normalized spacial score (nSPS) is 12.0. The minimum absolute atomic E-state index is 0.0161. The maximum Gasteiger partial charge on any atom is 0.135 e. The van der Waals surface area contributed by atoms with Gasteiger partial charge in [0.1, 0.15) is 23.0 Å². The van der Waals surface area contributed by atoms with Crippen LogP contribution >= 0.6 is 0 Å². The molecule has 3 aromatic carbocycles. The Labute approximate surface area is 157 Å². The minimum atomic E-state index is 0.0161. The number of rotatable bonds is 4. The summed E-state index contributed by atoms with van der Waals surface area (Å²) in [4.78, 5) is 0. The van der Waals surface area contributed by atoms with Crippen LogP contribution in [-0.2, 0) is 0 Å². The summed E-state index contributed by atoms with van der Waals surface area (Å²) in [5, 5.41) is 18.9. The van der Waals surface area contributed by atoms with E-state index in [1.54, 1.807) is 6.07 Å². The van der Waals surface area contributed by atoms with Crippen LogP contribution in [-0.4, -0.2) is 31.3 Å². The fraction of sp³-hybridized carbons (Fsp3) is 0.0909. The minimum Gasteiger partial charge on any atom is -0.507 e. The first-order chi connectivity index (χ1) is 13.2. The number of hydrogen-bond acceptors (Lipinski definition) is 5. The molecule has 0 atom stereocenters. The first-order valence-corrected chi connectivity index (χ1v) is 8.48. The molecule has 0 bridgehead atoms. The molecule has 134 valence electrons. The largest absolute Gasteiger partial charge is 0.507 e. The van der Waals surface area contributed by atoms with Crippen molar-refractivity contribution in [1.29, 1.82) is 0 Å². The van der Waals surface area contributed by atoms with Crippen molar-refractivity contribution in [3.05, 3.63) is 77.4 Å². The van der Waals surface area contributed by atoms with Gasteiger partial charge >= 0.3 is 0 Å². The van der Waals surface area contributed by atoms with E-state index in [0.29, 0.717) is 17.1 Å². The molecule has 3 aromatic rings. The highest BCUT2D eigenvalue weighted by atomic mass is 16.5. The number of nitrogens with zero attached hydrogens (tertiary/aromatic N) is 2. The summed E-state index contributed by atoms with van der Waals surface area (Å²) in [6.45, 7) is 0. The predicted octanol–water partition coefficient (Wildman–Crippen LogP) is 4.26. The number of ether oxygens (including phenoxy) is 2. The maximum absolute atomic E-state index is 10.2. The molecular weight excluding hydrogens is 340 g/mol. The van der Waals surface area contributed by atoms with Gasteiger partial charge in [-0.1, -0.05) is 48.5 Å². The Morgan fingerprint density at radius 1 is 0.815 bits per heavy atom. The molecule has 0 heterocycles. The monoisotopic (exact) mass is 358 g/mol. The van der Waals surface area contributed by atoms with Crippen LogP contribution in [0.1, 0.15) is 16.7 Å². The van der Waals surface area contributed by atoms with Gasteiger partial charge in [0.15, 0.2) is 0 Å². The van der Waals surface area contributed by atoms with E-state index in [1.165, 1.54) is 26.5 Å². The van der Waals surface area contributed by atoms with Crippen LogP contribution in [0.15, 0.2) is 70.9 Å². The molecule has 4 rings (SSSR count). The maximum atomic E-state index is 10.2. The molecule has 5 nitrogen and oxygen atoms in total. The van der Waals surface area contributed by atoms with Crippen LogP contribution in [0.25, 0.3) is 11.1 Å². The lowest BCUT2D eigenvalue weighted by molar-refractivity contribution is 0.384. The van der Waals surface area contributed by atoms with Crippen LogP contribution in [0.2, 0.25) is 0 Å². The standard InChI is InChI=1S/C22H18N2O3/c1-26-14-11-20(25)19(21(12-14)27-2)13-23-24-22-17-9-5-3-7-15(17)16-8-4-6-10-18(16)22/h3-13,25H,1-2H3/b23-13+. The van der Waals surface area contributed by atoms with Gasteiger partial charge in [0.05, 0.1) is 26.0 Å². The molecule has 27 heavy (non-hydrogen) atoms. The zero-order valence-electron chi connectivity index (χ0n) is 15.0. The lowest BCUT2D eigenvalue weighted by Gasteiger charge is -2.09. The molecule has 1 aliphatic rings. The fourth-order valence-corrected chi connectivity index (χ4v) is 3.25. The molecule has 0 unspecified atom stereocenters. The quantitative estimate of drug-likeness (QED) is 0.438. The lowest BCUT2D eigenvalue weighted by atomic mass is 10.1. The third kappa shape index (κ3) is 2.93. The van der Waals surface area contributed by atoms with Gasteiger partial charge in [-0.05, 0) is 11.1 Å². The van der Waals surface area contributed by atoms with Crippen LogP contribution in [0.5, 0.6) is 17.2 Å². The Kier molecular flexibility index (Phi) is 4.34. The molecule has 0 aromatic heterocycles. The van der Waals surface area contributed by atoms with E-state index in [1.807, 2.05) is 36.4 Å². The summed E-state index contributed by atoms with van der Waals surface area (Å²) in [5.41, 5.74) is 5.63. The van der Waals surface area contributed by atoms with Crippen LogP contribution in [0.3, 0.4) is 0 Å². The van der Waals surface area contributed by atoms with Gasteiger partial charge in [0.2, 0.25) is 0 Å². The Morgan fingerprint density at radius 3 is 1.96 bits per heavy atom. The predicted molar refractivity (Wildman–Crippen MR) is 106 cm³/mol. The van der Waals surface area contributed by atoms with Gasteiger partial charge in [0.25, 0.3) is 0 Å². The second kappa shape index (κ2) is 6.96. The summed E-state index contributed by atoms with van der Waals surface area (Å²) in [7, 11) is 3.06. The topological polar surface area (TPSA) is 63.4 Å². The summed E-state index contributed by atoms with van der Waals surface area (Å²) in [6, 6.07) is 19.4. The molecule has 0 saturated carbocycles. The van der Waals surface area contributed by atoms with Gasteiger partial charge in [-0.2, -0.15) is 5.10 Å². The Balaban J connectivity index is 1.76. The third-order valence-corrected chi connectivity index (χ3v) is 4.55. The second-order valence-corrected chi connectivity index (χ2v) is 6.05. The molecule has 0 radical (unpaired) electrons. The van der Waals surface area contributed by atoms with Crippen molar-refractivity contribution in [1.82, 2.24) is 0 Å². The number of benzene rings is 3. The first-order valence-electron chi connectivity index (χ1n) is 8.48. The van der Waals surface area contributed by atoms with Crippen molar-refractivity contribution >= 4 is 11.9 Å². The highest BCUT2D eigenvalue weighted by Gasteiger charge is 2.23. The molecule has 0 saturated heterocycles. The first kappa shape index (κ1) is 16.8. The van der Waals surface area contributed by atoms with Crippen molar-refractivity contribution in [2.45, 2.75) is 0 Å². The van der Waals surface area contributed by atoms with Crippen molar-refractivity contribution in [3.63, 3.8) is 0 Å². The Morgan fingerprint density at radius 2 is 1.41 bits per heavy atom. The molecule has 0 amide bonds. The van der Waals surface area contributed by atoms with Gasteiger partial charge in [-0.25, -0.2) is 0 Å². The molecule has 1 aliphatic carbocycles. The zero-order chi connectivity index (χ0) is 18.8. The van der Waals surface area contributed by atoms with Gasteiger partial charge < -0.3 is 14.6 Å².